The first-order valence-corrected chi connectivity index (χ1v) is 4.34. The van der Waals surface area contributed by atoms with Crippen LogP contribution in [0, 0.1) is 5.92 Å². The third-order valence-corrected chi connectivity index (χ3v) is 2.48. The van der Waals surface area contributed by atoms with Crippen molar-refractivity contribution >= 4 is 0 Å². The monoisotopic (exact) mass is 181 g/mol. The Hall–Kier alpha value is -0.250. The molecule has 1 saturated heterocycles. The molecule has 2 atom stereocenters. The topological polar surface area (TPSA) is 12.0 Å². The predicted molar refractivity (Wildman–Crippen MR) is 40.9 cm³/mol. The number of hydrogen-bond acceptors (Lipinski definition) is 1. The van der Waals surface area contributed by atoms with E-state index in [1.54, 1.807) is 0 Å². The maximum atomic E-state index is 12.2. The van der Waals surface area contributed by atoms with Gasteiger partial charge in [0.1, 0.15) is 6.04 Å². The van der Waals surface area contributed by atoms with Crippen LogP contribution in [0.3, 0.4) is 0 Å². The minimum atomic E-state index is -4.06. The maximum Gasteiger partial charge on any atom is 0.403 e. The van der Waals surface area contributed by atoms with Crippen molar-refractivity contribution in [2.75, 3.05) is 6.54 Å². The molecule has 12 heavy (non-hydrogen) atoms. The van der Waals surface area contributed by atoms with E-state index in [0.29, 0.717) is 6.54 Å². The molecule has 0 aliphatic carbocycles. The van der Waals surface area contributed by atoms with Crippen molar-refractivity contribution in [2.24, 2.45) is 5.92 Å². The van der Waals surface area contributed by atoms with E-state index in [9.17, 15) is 13.2 Å². The lowest BCUT2D eigenvalue weighted by Gasteiger charge is -2.30. The van der Waals surface area contributed by atoms with Gasteiger partial charge in [0.15, 0.2) is 0 Å². The highest BCUT2D eigenvalue weighted by Gasteiger charge is 2.41. The fraction of sp³-hybridized carbons (Fsp3) is 1.00. The normalized spacial score (nSPS) is 32.0. The molecule has 2 unspecified atom stereocenters. The molecule has 0 amide bonds. The van der Waals surface area contributed by atoms with Gasteiger partial charge in [-0.05, 0) is 25.3 Å². The molecular weight excluding hydrogens is 167 g/mol. The first kappa shape index (κ1) is 9.84. The third kappa shape index (κ3) is 2.37. The molecule has 1 aliphatic rings. The summed E-state index contributed by atoms with van der Waals surface area (Å²) in [6.45, 7) is 2.45. The van der Waals surface area contributed by atoms with Crippen LogP contribution < -0.4 is 5.32 Å². The highest BCUT2D eigenvalue weighted by atomic mass is 19.4. The van der Waals surface area contributed by atoms with Crippen LogP contribution >= 0.6 is 0 Å². The predicted octanol–water partition coefficient (Wildman–Crippen LogP) is 2.33. The van der Waals surface area contributed by atoms with E-state index in [1.165, 1.54) is 0 Å². The number of halogens is 3. The summed E-state index contributed by atoms with van der Waals surface area (Å²) >= 11 is 0. The van der Waals surface area contributed by atoms with Crippen molar-refractivity contribution in [3.05, 3.63) is 0 Å². The van der Waals surface area contributed by atoms with Crippen molar-refractivity contribution < 1.29 is 13.2 Å². The van der Waals surface area contributed by atoms with Gasteiger partial charge in [0.25, 0.3) is 0 Å². The Morgan fingerprint density at radius 2 is 2.08 bits per heavy atom. The molecule has 4 heteroatoms. The molecular formula is C8H14F3N. The van der Waals surface area contributed by atoms with Crippen LogP contribution in [0.25, 0.3) is 0 Å². The van der Waals surface area contributed by atoms with Gasteiger partial charge in [-0.2, -0.15) is 13.2 Å². The van der Waals surface area contributed by atoms with Gasteiger partial charge in [-0.25, -0.2) is 0 Å². The Bertz CT molecular complexity index is 144. The van der Waals surface area contributed by atoms with Crippen molar-refractivity contribution in [1.82, 2.24) is 5.32 Å². The molecule has 0 aromatic heterocycles. The average molecular weight is 181 g/mol. The Balaban J connectivity index is 2.46. The minimum Gasteiger partial charge on any atom is -0.306 e. The van der Waals surface area contributed by atoms with Crippen molar-refractivity contribution in [2.45, 2.75) is 38.4 Å². The van der Waals surface area contributed by atoms with Crippen LogP contribution in [0.5, 0.6) is 0 Å². The second-order valence-corrected chi connectivity index (χ2v) is 3.35. The highest BCUT2D eigenvalue weighted by molar-refractivity contribution is 4.82. The summed E-state index contributed by atoms with van der Waals surface area (Å²) in [5.74, 6) is 0.248. The number of hydrogen-bond donors (Lipinski definition) is 1. The van der Waals surface area contributed by atoms with Gasteiger partial charge < -0.3 is 5.32 Å². The number of alkyl halides is 3. The second kappa shape index (κ2) is 3.64. The van der Waals surface area contributed by atoms with E-state index < -0.39 is 12.2 Å². The standard InChI is InChI=1S/C8H14F3N/c1-2-6-3-4-12-7(5-6)8(9,10)11/h6-7,12H,2-5H2,1H3. The van der Waals surface area contributed by atoms with E-state index >= 15 is 0 Å². The molecule has 0 bridgehead atoms. The molecule has 0 saturated carbocycles. The molecule has 0 radical (unpaired) electrons. The molecule has 72 valence electrons. The van der Waals surface area contributed by atoms with E-state index in [0.717, 1.165) is 12.8 Å². The van der Waals surface area contributed by atoms with Gasteiger partial charge in [-0.3, -0.25) is 0 Å². The lowest BCUT2D eigenvalue weighted by Crippen LogP contribution is -2.47. The highest BCUT2D eigenvalue weighted by Crippen LogP contribution is 2.29. The van der Waals surface area contributed by atoms with E-state index in [4.69, 9.17) is 0 Å². The Morgan fingerprint density at radius 1 is 1.42 bits per heavy atom. The van der Waals surface area contributed by atoms with Gasteiger partial charge in [0.05, 0.1) is 0 Å². The summed E-state index contributed by atoms with van der Waals surface area (Å²) in [5, 5.41) is 2.50. The zero-order valence-corrected chi connectivity index (χ0v) is 7.12. The molecule has 1 heterocycles. The Labute approximate surface area is 70.3 Å². The minimum absolute atomic E-state index is 0.248. The summed E-state index contributed by atoms with van der Waals surface area (Å²) in [7, 11) is 0. The summed E-state index contributed by atoms with van der Waals surface area (Å²) in [6.07, 6.45) is -2.08. The van der Waals surface area contributed by atoms with E-state index in [-0.39, 0.29) is 12.3 Å². The van der Waals surface area contributed by atoms with Crippen molar-refractivity contribution in [3.8, 4) is 0 Å². The molecule has 0 spiro atoms. The van der Waals surface area contributed by atoms with Crippen molar-refractivity contribution in [3.63, 3.8) is 0 Å². The van der Waals surface area contributed by atoms with Gasteiger partial charge in [-0.1, -0.05) is 13.3 Å². The van der Waals surface area contributed by atoms with Gasteiger partial charge in [0, 0.05) is 0 Å². The summed E-state index contributed by atoms with van der Waals surface area (Å²) in [5.41, 5.74) is 0. The lowest BCUT2D eigenvalue weighted by atomic mass is 9.90. The zero-order valence-electron chi connectivity index (χ0n) is 7.12. The molecule has 1 aliphatic heterocycles. The molecule has 1 rings (SSSR count). The zero-order chi connectivity index (χ0) is 9.19. The van der Waals surface area contributed by atoms with Gasteiger partial charge in [0.2, 0.25) is 0 Å². The first-order valence-electron chi connectivity index (χ1n) is 4.34. The van der Waals surface area contributed by atoms with Crippen LogP contribution in [-0.4, -0.2) is 18.8 Å². The molecule has 1 nitrogen and oxygen atoms in total. The van der Waals surface area contributed by atoms with E-state index in [2.05, 4.69) is 5.32 Å². The number of rotatable bonds is 1. The van der Waals surface area contributed by atoms with Gasteiger partial charge in [-0.15, -0.1) is 0 Å². The van der Waals surface area contributed by atoms with Crippen LogP contribution in [0.15, 0.2) is 0 Å². The quantitative estimate of drug-likeness (QED) is 0.654. The van der Waals surface area contributed by atoms with Crippen LogP contribution in [0.4, 0.5) is 13.2 Å². The fourth-order valence-corrected chi connectivity index (χ4v) is 1.62. The Morgan fingerprint density at radius 3 is 2.58 bits per heavy atom. The largest absolute Gasteiger partial charge is 0.403 e. The molecule has 0 aromatic carbocycles. The van der Waals surface area contributed by atoms with Crippen molar-refractivity contribution in [1.29, 1.82) is 0 Å². The second-order valence-electron chi connectivity index (χ2n) is 3.35. The maximum absolute atomic E-state index is 12.2. The van der Waals surface area contributed by atoms with Crippen LogP contribution in [0.1, 0.15) is 26.2 Å². The third-order valence-electron chi connectivity index (χ3n) is 2.48. The van der Waals surface area contributed by atoms with Crippen LogP contribution in [-0.2, 0) is 0 Å². The fourth-order valence-electron chi connectivity index (χ4n) is 1.62. The smallest absolute Gasteiger partial charge is 0.306 e. The molecule has 0 aromatic rings. The van der Waals surface area contributed by atoms with Gasteiger partial charge >= 0.3 is 6.18 Å². The van der Waals surface area contributed by atoms with Crippen LogP contribution in [0.2, 0.25) is 0 Å². The number of nitrogens with one attached hydrogen (secondary N) is 1. The summed E-state index contributed by atoms with van der Waals surface area (Å²) in [4.78, 5) is 0. The molecule has 1 fully saturated rings. The molecule has 1 N–H and O–H groups in total. The first-order chi connectivity index (χ1) is 5.54. The Kier molecular flexibility index (Phi) is 2.99. The average Bonchev–Trinajstić information content (AvgIpc) is 2.03. The number of piperidine rings is 1. The SMILES string of the molecule is CCC1CCNC(C(F)(F)F)C1. The van der Waals surface area contributed by atoms with E-state index in [1.807, 2.05) is 6.92 Å². The summed E-state index contributed by atoms with van der Waals surface area (Å²) in [6, 6.07) is -1.27. The summed E-state index contributed by atoms with van der Waals surface area (Å²) < 4.78 is 36.6. The lowest BCUT2D eigenvalue weighted by molar-refractivity contribution is -0.163.